The molecule has 0 aliphatic heterocycles. The van der Waals surface area contributed by atoms with Gasteiger partial charge in [-0.1, -0.05) is 224 Å². The first-order valence-corrected chi connectivity index (χ1v) is 27.3. The summed E-state index contributed by atoms with van der Waals surface area (Å²) >= 11 is 0. The molecule has 69 heavy (non-hydrogen) atoms. The lowest BCUT2D eigenvalue weighted by Gasteiger charge is -2.18. The summed E-state index contributed by atoms with van der Waals surface area (Å²) in [7, 11) is 0. The van der Waals surface area contributed by atoms with E-state index in [9.17, 15) is 14.4 Å². The number of hydrogen-bond acceptors (Lipinski definition) is 6. The van der Waals surface area contributed by atoms with Crippen LogP contribution >= 0.6 is 0 Å². The van der Waals surface area contributed by atoms with Crippen molar-refractivity contribution in [2.75, 3.05) is 13.2 Å². The van der Waals surface area contributed by atoms with Gasteiger partial charge in [-0.3, -0.25) is 14.4 Å². The number of hydrogen-bond donors (Lipinski definition) is 0. The van der Waals surface area contributed by atoms with Gasteiger partial charge in [0.1, 0.15) is 13.2 Å². The largest absolute Gasteiger partial charge is 0.462 e. The van der Waals surface area contributed by atoms with Crippen LogP contribution in [0.5, 0.6) is 0 Å². The molecule has 0 fully saturated rings. The van der Waals surface area contributed by atoms with E-state index in [-0.39, 0.29) is 50.4 Å². The van der Waals surface area contributed by atoms with E-state index in [0.717, 1.165) is 109 Å². The highest BCUT2D eigenvalue weighted by atomic mass is 16.6. The Morgan fingerprint density at radius 3 is 0.942 bits per heavy atom. The maximum atomic E-state index is 12.8. The van der Waals surface area contributed by atoms with Crippen LogP contribution in [-0.4, -0.2) is 37.2 Å². The third-order valence-corrected chi connectivity index (χ3v) is 10.8. The molecule has 0 aromatic rings. The molecular formula is C63H98O6. The van der Waals surface area contributed by atoms with Crippen LogP contribution in [0, 0.1) is 0 Å². The number of esters is 3. The highest BCUT2D eigenvalue weighted by molar-refractivity contribution is 5.71. The average Bonchev–Trinajstić information content (AvgIpc) is 3.35. The quantitative estimate of drug-likeness (QED) is 0.0262. The molecule has 0 aromatic carbocycles. The SMILES string of the molecule is CC/C=C\C/C=C\C/C=C\C/C=C\C/C=C\C/C=C\CCC(=O)OCC(COC(=O)CC/C=C\C/C=C\CCCCCCCC)OC(=O)CCCCCCCC/C=C\C/C=C\C/C=C\C/C=C\CC. The van der Waals surface area contributed by atoms with Gasteiger partial charge >= 0.3 is 17.9 Å². The summed E-state index contributed by atoms with van der Waals surface area (Å²) in [5, 5.41) is 0. The Labute approximate surface area is 423 Å². The molecule has 0 aromatic heterocycles. The number of rotatable bonds is 47. The topological polar surface area (TPSA) is 78.9 Å². The summed E-state index contributed by atoms with van der Waals surface area (Å²) in [6, 6.07) is 0. The molecule has 0 heterocycles. The summed E-state index contributed by atoms with van der Waals surface area (Å²) in [5.41, 5.74) is 0. The minimum Gasteiger partial charge on any atom is -0.462 e. The lowest BCUT2D eigenvalue weighted by Crippen LogP contribution is -2.30. The molecule has 1 atom stereocenters. The van der Waals surface area contributed by atoms with E-state index < -0.39 is 6.10 Å². The van der Waals surface area contributed by atoms with Crippen molar-refractivity contribution < 1.29 is 28.6 Å². The van der Waals surface area contributed by atoms with Crippen molar-refractivity contribution in [1.29, 1.82) is 0 Å². The number of carbonyl (C=O) groups excluding carboxylic acids is 3. The fourth-order valence-corrected chi connectivity index (χ4v) is 6.80. The summed E-state index contributed by atoms with van der Waals surface area (Å²) in [5.74, 6) is -1.11. The van der Waals surface area contributed by atoms with Crippen LogP contribution in [0.1, 0.15) is 213 Å². The third-order valence-electron chi connectivity index (χ3n) is 10.8. The Kier molecular flexibility index (Phi) is 52.1. The van der Waals surface area contributed by atoms with Gasteiger partial charge in [0.2, 0.25) is 0 Å². The third kappa shape index (κ3) is 54.1. The fraction of sp³-hybridized carbons (Fsp3) is 0.571. The van der Waals surface area contributed by atoms with E-state index in [1.54, 1.807) is 0 Å². The molecular weight excluding hydrogens is 853 g/mol. The van der Waals surface area contributed by atoms with Crippen LogP contribution in [0.3, 0.4) is 0 Å². The zero-order valence-corrected chi connectivity index (χ0v) is 44.0. The lowest BCUT2D eigenvalue weighted by molar-refractivity contribution is -0.166. The molecule has 6 heteroatoms. The first-order chi connectivity index (χ1) is 34.0. The summed E-state index contributed by atoms with van der Waals surface area (Å²) < 4.78 is 16.7. The molecule has 0 saturated carbocycles. The summed E-state index contributed by atoms with van der Waals surface area (Å²) in [4.78, 5) is 38.0. The van der Waals surface area contributed by atoms with Crippen LogP contribution in [0.4, 0.5) is 0 Å². The molecule has 0 rings (SSSR count). The minimum atomic E-state index is -0.845. The number of unbranched alkanes of at least 4 members (excludes halogenated alkanes) is 12. The molecule has 0 aliphatic rings. The second kappa shape index (κ2) is 55.9. The smallest absolute Gasteiger partial charge is 0.306 e. The van der Waals surface area contributed by atoms with Crippen molar-refractivity contribution in [3.8, 4) is 0 Å². The first-order valence-electron chi connectivity index (χ1n) is 27.3. The van der Waals surface area contributed by atoms with E-state index in [1.165, 1.54) is 51.4 Å². The average molecular weight is 951 g/mol. The van der Waals surface area contributed by atoms with Gasteiger partial charge < -0.3 is 14.2 Å². The fourth-order valence-electron chi connectivity index (χ4n) is 6.80. The van der Waals surface area contributed by atoms with Gasteiger partial charge in [-0.2, -0.15) is 0 Å². The Hall–Kier alpha value is -4.71. The predicted molar refractivity (Wildman–Crippen MR) is 297 cm³/mol. The molecule has 0 bridgehead atoms. The zero-order chi connectivity index (χ0) is 50.0. The van der Waals surface area contributed by atoms with Crippen molar-refractivity contribution in [3.63, 3.8) is 0 Å². The molecule has 0 amide bonds. The van der Waals surface area contributed by atoms with E-state index in [2.05, 4.69) is 148 Å². The van der Waals surface area contributed by atoms with Gasteiger partial charge in [0.05, 0.1) is 0 Å². The minimum absolute atomic E-state index is 0.144. The Bertz CT molecular complexity index is 1560. The molecule has 386 valence electrons. The van der Waals surface area contributed by atoms with E-state index in [1.807, 2.05) is 18.2 Å². The number of carbonyl (C=O) groups is 3. The highest BCUT2D eigenvalue weighted by Gasteiger charge is 2.19. The van der Waals surface area contributed by atoms with Crippen LogP contribution in [0.15, 0.2) is 146 Å². The Morgan fingerprint density at radius 1 is 0.304 bits per heavy atom. The van der Waals surface area contributed by atoms with Crippen molar-refractivity contribution in [2.24, 2.45) is 0 Å². The van der Waals surface area contributed by atoms with E-state index in [0.29, 0.717) is 12.8 Å². The van der Waals surface area contributed by atoms with Gasteiger partial charge in [0.25, 0.3) is 0 Å². The maximum absolute atomic E-state index is 12.8. The molecule has 0 saturated heterocycles. The van der Waals surface area contributed by atoms with Crippen molar-refractivity contribution >= 4 is 17.9 Å². The van der Waals surface area contributed by atoms with E-state index >= 15 is 0 Å². The standard InChI is InChI=1S/C63H98O6/c1-4-7-10-13-16-19-22-25-27-29-31-33-35-38-41-44-47-50-53-56-62(65)68-59-60(58-67-61(64)55-52-49-46-43-40-37-24-21-18-15-12-9-6-3)69-63(66)57-54-51-48-45-42-39-36-34-32-30-28-26-23-20-17-14-11-8-5-2/h7-8,10-11,16-17,19-20,25-28,31-34,37-38,40-41,46-47,49-50,60H,4-6,9,12-15,18,21-24,29-30,35-36,39,42-45,48,51-59H2,1-3H3/b10-7-,11-8-,19-16-,20-17-,27-25-,28-26-,33-31-,34-32-,40-37-,41-38-,49-46-,50-47-. The lowest BCUT2D eigenvalue weighted by atomic mass is 10.1. The zero-order valence-electron chi connectivity index (χ0n) is 44.0. The maximum Gasteiger partial charge on any atom is 0.306 e. The van der Waals surface area contributed by atoms with Gasteiger partial charge in [0, 0.05) is 19.3 Å². The number of ether oxygens (including phenoxy) is 3. The molecule has 0 aliphatic carbocycles. The van der Waals surface area contributed by atoms with E-state index in [4.69, 9.17) is 14.2 Å². The van der Waals surface area contributed by atoms with Gasteiger partial charge in [-0.15, -0.1) is 0 Å². The summed E-state index contributed by atoms with van der Waals surface area (Å²) in [6.45, 7) is 6.25. The van der Waals surface area contributed by atoms with Crippen molar-refractivity contribution in [3.05, 3.63) is 146 Å². The second-order valence-corrected chi connectivity index (χ2v) is 17.4. The molecule has 0 N–H and O–H groups in total. The van der Waals surface area contributed by atoms with Gasteiger partial charge in [-0.05, 0) is 116 Å². The molecule has 0 spiro atoms. The van der Waals surface area contributed by atoms with Crippen LogP contribution in [0.25, 0.3) is 0 Å². The summed E-state index contributed by atoms with van der Waals surface area (Å²) in [6.07, 6.45) is 80.0. The van der Waals surface area contributed by atoms with Crippen molar-refractivity contribution in [2.45, 2.75) is 219 Å². The highest BCUT2D eigenvalue weighted by Crippen LogP contribution is 2.12. The Morgan fingerprint density at radius 2 is 0.594 bits per heavy atom. The molecule has 0 radical (unpaired) electrons. The van der Waals surface area contributed by atoms with Crippen LogP contribution in [-0.2, 0) is 28.6 Å². The second-order valence-electron chi connectivity index (χ2n) is 17.4. The first kappa shape index (κ1) is 64.3. The van der Waals surface area contributed by atoms with Gasteiger partial charge in [0.15, 0.2) is 6.10 Å². The predicted octanol–water partition coefficient (Wildman–Crippen LogP) is 18.4. The molecule has 1 unspecified atom stereocenters. The van der Waals surface area contributed by atoms with Crippen LogP contribution in [0.2, 0.25) is 0 Å². The van der Waals surface area contributed by atoms with Gasteiger partial charge in [-0.25, -0.2) is 0 Å². The van der Waals surface area contributed by atoms with Crippen LogP contribution < -0.4 is 0 Å². The normalized spacial score (nSPS) is 13.3. The monoisotopic (exact) mass is 951 g/mol. The van der Waals surface area contributed by atoms with Crippen molar-refractivity contribution in [1.82, 2.24) is 0 Å². The Balaban J connectivity index is 4.60. The molecule has 6 nitrogen and oxygen atoms in total. The number of allylic oxidation sites excluding steroid dienone is 24.